The van der Waals surface area contributed by atoms with Gasteiger partial charge in [-0.2, -0.15) is 0 Å². The van der Waals surface area contributed by atoms with E-state index in [2.05, 4.69) is 26.9 Å². The second kappa shape index (κ2) is 17.6. The smallest absolute Gasteiger partial charge is 0.329 e. The highest BCUT2D eigenvalue weighted by Gasteiger charge is 2.61. The van der Waals surface area contributed by atoms with E-state index in [0.29, 0.717) is 24.0 Å². The molecular formula is C44H55N5O10S. The van der Waals surface area contributed by atoms with Crippen LogP contribution in [0.25, 0.3) is 10.8 Å². The van der Waals surface area contributed by atoms with Crippen molar-refractivity contribution in [1.29, 1.82) is 0 Å². The molecule has 3 N–H and O–H groups in total. The highest BCUT2D eigenvalue weighted by molar-refractivity contribution is 7.90. The number of fused-ring (bicyclic) bond motifs is 1. The van der Waals surface area contributed by atoms with Crippen LogP contribution in [-0.4, -0.2) is 91.0 Å². The average Bonchev–Trinajstić information content (AvgIpc) is 4.14. The van der Waals surface area contributed by atoms with E-state index in [1.165, 1.54) is 4.90 Å². The molecule has 6 atom stereocenters. The molecule has 2 saturated carbocycles. The Morgan fingerprint density at radius 1 is 1.03 bits per heavy atom. The molecular weight excluding hydrogens is 791 g/mol. The minimum atomic E-state index is -3.90. The molecule has 4 amide bonds. The molecule has 15 nitrogen and oxygen atoms in total. The standard InChI is InChI=1S/C44H55N5O10S/c1-8-29-22-44(29,41(53)48-60(55,56)32-15-16-32)23-35(50)34-21-31(59-38-33-17-14-30(57-7)20-28(33)18-19-45-38)24-49(34)39(51)37(43(4,5)6)47-42(54)46-36(26(2)3)40(52)58-25-27-12-10-9-11-13-27/h8-14,17-20,26,29,31-32,34,36-37H,1,15-16,21-25H2,2-7H3,(H,48,53)(H2,46,47,54)/t29-,31-,34+,36+,37-,44-/m1/s1. The summed E-state index contributed by atoms with van der Waals surface area (Å²) in [5.41, 5.74) is -1.48. The number of rotatable bonds is 17. The van der Waals surface area contributed by atoms with E-state index in [1.807, 2.05) is 36.4 Å². The number of methoxy groups -OCH3 is 1. The Kier molecular flexibility index (Phi) is 12.9. The Morgan fingerprint density at radius 3 is 2.37 bits per heavy atom. The molecule has 6 rings (SSSR count). The van der Waals surface area contributed by atoms with Gasteiger partial charge in [0.2, 0.25) is 27.7 Å². The number of hydrogen-bond acceptors (Lipinski definition) is 11. The number of nitrogens with zero attached hydrogens (tertiary/aromatic N) is 2. The van der Waals surface area contributed by atoms with Crippen molar-refractivity contribution in [3.8, 4) is 11.6 Å². The number of urea groups is 1. The number of likely N-dealkylation sites (tertiary alicyclic amines) is 1. The van der Waals surface area contributed by atoms with Gasteiger partial charge in [-0.05, 0) is 71.7 Å². The molecule has 1 aromatic heterocycles. The van der Waals surface area contributed by atoms with E-state index in [4.69, 9.17) is 14.2 Å². The Hall–Kier alpha value is -5.51. The van der Waals surface area contributed by atoms with Gasteiger partial charge in [-0.25, -0.2) is 23.0 Å². The number of aromatic nitrogens is 1. The van der Waals surface area contributed by atoms with E-state index in [1.54, 1.807) is 72.2 Å². The van der Waals surface area contributed by atoms with Gasteiger partial charge in [0.15, 0.2) is 5.78 Å². The zero-order chi connectivity index (χ0) is 43.6. The molecule has 3 aliphatic rings. The van der Waals surface area contributed by atoms with Crippen LogP contribution in [0.3, 0.4) is 0 Å². The largest absolute Gasteiger partial charge is 0.497 e. The number of sulfonamides is 1. The minimum Gasteiger partial charge on any atom is -0.497 e. The van der Waals surface area contributed by atoms with E-state index >= 15 is 0 Å². The van der Waals surface area contributed by atoms with Crippen LogP contribution in [0, 0.1) is 22.7 Å². The molecule has 0 bridgehead atoms. The predicted molar refractivity (Wildman–Crippen MR) is 223 cm³/mol. The van der Waals surface area contributed by atoms with Crippen LogP contribution in [0.4, 0.5) is 4.79 Å². The van der Waals surface area contributed by atoms with Crippen LogP contribution >= 0.6 is 0 Å². The first-order valence-corrected chi connectivity index (χ1v) is 21.8. The van der Waals surface area contributed by atoms with E-state index in [9.17, 15) is 32.4 Å². The molecule has 3 fully saturated rings. The highest BCUT2D eigenvalue weighted by Crippen LogP contribution is 2.57. The number of pyridine rings is 1. The van der Waals surface area contributed by atoms with Crippen molar-refractivity contribution in [2.75, 3.05) is 13.7 Å². The monoisotopic (exact) mass is 845 g/mol. The quantitative estimate of drug-likeness (QED) is 0.124. The Balaban J connectivity index is 1.25. The highest BCUT2D eigenvalue weighted by atomic mass is 32.2. The minimum absolute atomic E-state index is 0.0121. The fourth-order valence-corrected chi connectivity index (χ4v) is 9.08. The van der Waals surface area contributed by atoms with Crippen LogP contribution in [-0.2, 0) is 40.5 Å². The maximum Gasteiger partial charge on any atom is 0.329 e. The molecule has 322 valence electrons. The van der Waals surface area contributed by atoms with Gasteiger partial charge in [0.1, 0.15) is 30.5 Å². The number of esters is 1. The third kappa shape index (κ3) is 9.91. The maximum atomic E-state index is 14.8. The number of hydrogen-bond donors (Lipinski definition) is 3. The lowest BCUT2D eigenvalue weighted by atomic mass is 9.85. The molecule has 1 saturated heterocycles. The molecule has 2 aliphatic carbocycles. The van der Waals surface area contributed by atoms with Crippen molar-refractivity contribution in [2.24, 2.45) is 22.7 Å². The normalized spacial score (nSPS) is 22.3. The van der Waals surface area contributed by atoms with Gasteiger partial charge in [-0.15, -0.1) is 6.58 Å². The van der Waals surface area contributed by atoms with Crippen molar-refractivity contribution in [3.63, 3.8) is 0 Å². The van der Waals surface area contributed by atoms with Crippen molar-refractivity contribution in [2.45, 2.75) is 103 Å². The van der Waals surface area contributed by atoms with Crippen LogP contribution in [0.1, 0.15) is 72.3 Å². The molecule has 16 heteroatoms. The van der Waals surface area contributed by atoms with Gasteiger partial charge in [0, 0.05) is 24.4 Å². The summed E-state index contributed by atoms with van der Waals surface area (Å²) in [6.45, 7) is 12.6. The lowest BCUT2D eigenvalue weighted by Crippen LogP contribution is -2.60. The lowest BCUT2D eigenvalue weighted by molar-refractivity contribution is -0.148. The van der Waals surface area contributed by atoms with Crippen molar-refractivity contribution < 1.29 is 46.6 Å². The fourth-order valence-electron chi connectivity index (χ4n) is 7.69. The van der Waals surface area contributed by atoms with Gasteiger partial charge in [0.05, 0.1) is 30.4 Å². The average molecular weight is 846 g/mol. The molecule has 1 aliphatic heterocycles. The topological polar surface area (TPSA) is 199 Å². The van der Waals surface area contributed by atoms with Gasteiger partial charge in [-0.3, -0.25) is 19.1 Å². The van der Waals surface area contributed by atoms with E-state index in [0.717, 1.165) is 10.9 Å². The zero-order valence-electron chi connectivity index (χ0n) is 34.9. The third-order valence-electron chi connectivity index (χ3n) is 11.5. The van der Waals surface area contributed by atoms with Crippen molar-refractivity contribution in [3.05, 3.63) is 79.0 Å². The van der Waals surface area contributed by atoms with Gasteiger partial charge >= 0.3 is 12.0 Å². The second-order valence-electron chi connectivity index (χ2n) is 17.4. The molecule has 0 unspecified atom stereocenters. The first-order chi connectivity index (χ1) is 28.4. The summed E-state index contributed by atoms with van der Waals surface area (Å²) in [5.74, 6) is -2.37. The first-order valence-electron chi connectivity index (χ1n) is 20.3. The van der Waals surface area contributed by atoms with Crippen LogP contribution < -0.4 is 24.8 Å². The van der Waals surface area contributed by atoms with E-state index in [-0.39, 0.29) is 44.2 Å². The van der Waals surface area contributed by atoms with Gasteiger partial charge in [0.25, 0.3) is 0 Å². The molecule has 2 heterocycles. The molecule has 60 heavy (non-hydrogen) atoms. The predicted octanol–water partition coefficient (Wildman–Crippen LogP) is 4.83. The first kappa shape index (κ1) is 44.1. The zero-order valence-corrected chi connectivity index (χ0v) is 35.8. The molecule has 2 aromatic carbocycles. The van der Waals surface area contributed by atoms with Crippen LogP contribution in [0.5, 0.6) is 11.6 Å². The number of Topliss-reactive ketones (excluding diaryl/α,β-unsaturated/α-hetero) is 1. The summed E-state index contributed by atoms with van der Waals surface area (Å²) >= 11 is 0. The lowest BCUT2D eigenvalue weighted by Gasteiger charge is -2.36. The van der Waals surface area contributed by atoms with Crippen molar-refractivity contribution >= 4 is 50.4 Å². The number of carbonyl (C=O) groups excluding carboxylic acids is 5. The molecule has 3 aromatic rings. The Morgan fingerprint density at radius 2 is 1.75 bits per heavy atom. The van der Waals surface area contributed by atoms with E-state index < -0.39 is 85.8 Å². The summed E-state index contributed by atoms with van der Waals surface area (Å²) < 4.78 is 45.2. The number of ketones is 1. The summed E-state index contributed by atoms with van der Waals surface area (Å²) in [5, 5.41) is 6.29. The van der Waals surface area contributed by atoms with Gasteiger partial charge in [-0.1, -0.05) is 71.0 Å². The second-order valence-corrected chi connectivity index (χ2v) is 19.4. The summed E-state index contributed by atoms with van der Waals surface area (Å²) in [6, 6.07) is 12.2. The Bertz CT molecular complexity index is 2240. The number of nitrogens with one attached hydrogen (secondary N) is 3. The fraction of sp³-hybridized carbons (Fsp3) is 0.500. The van der Waals surface area contributed by atoms with Gasteiger partial charge < -0.3 is 29.7 Å². The summed E-state index contributed by atoms with van der Waals surface area (Å²) in [7, 11) is -2.34. The number of ether oxygens (including phenoxy) is 3. The van der Waals surface area contributed by atoms with Crippen molar-refractivity contribution in [1.82, 2.24) is 25.2 Å². The maximum absolute atomic E-state index is 14.8. The Labute approximate surface area is 351 Å². The summed E-state index contributed by atoms with van der Waals surface area (Å²) in [4.78, 5) is 75.7. The number of amides is 4. The van der Waals surface area contributed by atoms with Crippen LogP contribution in [0.2, 0.25) is 0 Å². The number of allylic oxidation sites excluding steroid dienone is 1. The summed E-state index contributed by atoms with van der Waals surface area (Å²) in [6.07, 6.45) is 3.19. The number of carbonyl (C=O) groups is 5. The number of benzene rings is 2. The molecule has 0 spiro atoms. The van der Waals surface area contributed by atoms with Crippen LogP contribution in [0.15, 0.2) is 73.4 Å². The molecule has 0 radical (unpaired) electrons. The third-order valence-corrected chi connectivity index (χ3v) is 13.3. The SMILES string of the molecule is C=C[C@@H]1C[C@]1(CC(=O)[C@@H]1C[C@@H](Oc2nccc3cc(OC)ccc23)CN1C(=O)[C@@H](NC(=O)N[C@H](C(=O)OCc1ccccc1)C(C)C)C(C)(C)C)C(=O)NS(=O)(=O)C1CC1.